The number of rotatable bonds is 5. The van der Waals surface area contributed by atoms with Crippen LogP contribution in [-0.4, -0.2) is 65.1 Å². The molecule has 0 aromatic heterocycles. The van der Waals surface area contributed by atoms with Crippen molar-refractivity contribution in [3.05, 3.63) is 65.4 Å². The van der Waals surface area contributed by atoms with E-state index in [1.165, 1.54) is 4.90 Å². The summed E-state index contributed by atoms with van der Waals surface area (Å²) in [6, 6.07) is 16.3. The van der Waals surface area contributed by atoms with Crippen molar-refractivity contribution in [1.82, 2.24) is 0 Å². The number of amides is 1. The standard InChI is InChI=1S/C19H16N2O5S3.Na/c22-17-16(28-19(27)21(17)13-7-2-1-3-8-13)18-20(11-6-12-29(23,24)25)14-9-4-5-10-15(14)26-18;/h1-5,7-10H,6,11-12H2,(H,23,24,25);. The Balaban J connectivity index is 0.00000256. The molecule has 30 heavy (non-hydrogen) atoms. The number of thioether (sulfide) groups is 1. The summed E-state index contributed by atoms with van der Waals surface area (Å²) in [5.41, 5.74) is 1.39. The number of thiocarbonyl (C=S) groups is 1. The summed E-state index contributed by atoms with van der Waals surface area (Å²) in [6.45, 7) is 0.252. The quantitative estimate of drug-likeness (QED) is 0.308. The molecular formula is C19H16N2NaO5S3. The summed E-state index contributed by atoms with van der Waals surface area (Å²) in [5.74, 6) is 0.203. The summed E-state index contributed by atoms with van der Waals surface area (Å²) in [4.78, 5) is 16.7. The largest absolute Gasteiger partial charge is 0.437 e. The maximum Gasteiger partial charge on any atom is 0.276 e. The van der Waals surface area contributed by atoms with Crippen molar-refractivity contribution in [3.8, 4) is 5.75 Å². The summed E-state index contributed by atoms with van der Waals surface area (Å²) < 4.78 is 37.6. The van der Waals surface area contributed by atoms with E-state index in [0.717, 1.165) is 17.4 Å². The third-order valence-electron chi connectivity index (χ3n) is 4.37. The van der Waals surface area contributed by atoms with Crippen LogP contribution in [0.25, 0.3) is 0 Å². The number of para-hydroxylation sites is 3. The predicted molar refractivity (Wildman–Crippen MR) is 122 cm³/mol. The number of fused-ring (bicyclic) bond motifs is 1. The molecule has 1 N–H and O–H groups in total. The Morgan fingerprint density at radius 2 is 1.73 bits per heavy atom. The topological polar surface area (TPSA) is 87.1 Å². The number of hydrogen-bond acceptors (Lipinski definition) is 7. The van der Waals surface area contributed by atoms with Crippen LogP contribution in [0.15, 0.2) is 65.4 Å². The molecule has 0 unspecified atom stereocenters. The van der Waals surface area contributed by atoms with E-state index in [-0.39, 0.29) is 54.2 Å². The van der Waals surface area contributed by atoms with Gasteiger partial charge in [0.2, 0.25) is 5.88 Å². The number of nitrogens with zero attached hydrogens (tertiary/aromatic N) is 2. The molecule has 0 aliphatic carbocycles. The van der Waals surface area contributed by atoms with Crippen molar-refractivity contribution in [1.29, 1.82) is 0 Å². The van der Waals surface area contributed by atoms with Crippen molar-refractivity contribution in [2.45, 2.75) is 6.42 Å². The van der Waals surface area contributed by atoms with E-state index in [0.29, 0.717) is 26.5 Å². The van der Waals surface area contributed by atoms with Crippen LogP contribution in [0.1, 0.15) is 6.42 Å². The third kappa shape index (κ3) is 4.75. The Morgan fingerprint density at radius 3 is 2.43 bits per heavy atom. The van der Waals surface area contributed by atoms with Gasteiger partial charge in [-0.1, -0.05) is 42.5 Å². The molecule has 0 atom stereocenters. The number of carbonyl (C=O) groups excluding carboxylic acids is 1. The molecule has 0 saturated carbocycles. The van der Waals surface area contributed by atoms with Crippen LogP contribution < -0.4 is 14.5 Å². The second-order valence-electron chi connectivity index (χ2n) is 6.34. The molecule has 2 aromatic carbocycles. The van der Waals surface area contributed by atoms with Gasteiger partial charge in [0.1, 0.15) is 4.91 Å². The maximum atomic E-state index is 13.2. The first-order chi connectivity index (χ1) is 13.8. The van der Waals surface area contributed by atoms with E-state index >= 15 is 0 Å². The third-order valence-corrected chi connectivity index (χ3v) is 6.52. The monoisotopic (exact) mass is 471 g/mol. The average molecular weight is 472 g/mol. The Morgan fingerprint density at radius 1 is 1.07 bits per heavy atom. The number of carbonyl (C=O) groups is 1. The van der Waals surface area contributed by atoms with Crippen molar-refractivity contribution in [2.75, 3.05) is 22.1 Å². The van der Waals surface area contributed by atoms with E-state index in [1.54, 1.807) is 23.1 Å². The molecule has 1 radical (unpaired) electrons. The fourth-order valence-corrected chi connectivity index (χ4v) is 4.93. The molecule has 2 aliphatic heterocycles. The van der Waals surface area contributed by atoms with Crippen molar-refractivity contribution in [2.24, 2.45) is 0 Å². The smallest absolute Gasteiger partial charge is 0.276 e. The fourth-order valence-electron chi connectivity index (χ4n) is 3.13. The molecular weight excluding hydrogens is 455 g/mol. The van der Waals surface area contributed by atoms with Gasteiger partial charge >= 0.3 is 0 Å². The maximum absolute atomic E-state index is 13.2. The summed E-state index contributed by atoms with van der Waals surface area (Å²) in [5, 5.41) is 0. The van der Waals surface area contributed by atoms with Crippen LogP contribution in [0.4, 0.5) is 11.4 Å². The Bertz CT molecular complexity index is 1120. The first kappa shape index (κ1) is 23.3. The van der Waals surface area contributed by atoms with Crippen LogP contribution in [0, 0.1) is 0 Å². The van der Waals surface area contributed by atoms with Gasteiger partial charge in [0.05, 0.1) is 17.1 Å². The van der Waals surface area contributed by atoms with Gasteiger partial charge in [-0.05, 0) is 42.4 Å². The Kier molecular flexibility index (Phi) is 7.28. The molecule has 2 aliphatic rings. The SMILES string of the molecule is O=C1C(=C2Oc3ccccc3N2CCCS(=O)(=O)O)SC(=S)N1c1ccccc1.[Na]. The molecule has 0 spiro atoms. The molecule has 1 amide bonds. The van der Waals surface area contributed by atoms with Crippen molar-refractivity contribution in [3.63, 3.8) is 0 Å². The van der Waals surface area contributed by atoms with Crippen LogP contribution >= 0.6 is 24.0 Å². The van der Waals surface area contributed by atoms with E-state index in [2.05, 4.69) is 0 Å². The molecule has 1 saturated heterocycles. The molecule has 151 valence electrons. The van der Waals surface area contributed by atoms with Gasteiger partial charge in [-0.3, -0.25) is 14.2 Å². The zero-order chi connectivity index (χ0) is 20.6. The van der Waals surface area contributed by atoms with Gasteiger partial charge in [0, 0.05) is 36.1 Å². The Hall–Kier alpha value is -1.40. The van der Waals surface area contributed by atoms with Crippen LogP contribution in [-0.2, 0) is 14.9 Å². The zero-order valence-corrected chi connectivity index (χ0v) is 20.5. The second kappa shape index (κ2) is 9.39. The molecule has 1 fully saturated rings. The molecule has 7 nitrogen and oxygen atoms in total. The predicted octanol–water partition coefficient (Wildman–Crippen LogP) is 3.02. The zero-order valence-electron chi connectivity index (χ0n) is 16.0. The summed E-state index contributed by atoms with van der Waals surface area (Å²) >= 11 is 6.56. The number of anilines is 2. The van der Waals surface area contributed by atoms with Gasteiger partial charge in [0.25, 0.3) is 16.0 Å². The van der Waals surface area contributed by atoms with Gasteiger partial charge in [-0.2, -0.15) is 8.42 Å². The summed E-state index contributed by atoms with van der Waals surface area (Å²) in [7, 11) is -4.08. The first-order valence-corrected chi connectivity index (χ1v) is 11.5. The molecule has 11 heteroatoms. The van der Waals surface area contributed by atoms with Crippen LogP contribution in [0.5, 0.6) is 5.75 Å². The molecule has 2 aromatic rings. The molecule has 2 heterocycles. The van der Waals surface area contributed by atoms with E-state index in [9.17, 15) is 13.2 Å². The molecule has 0 bridgehead atoms. The van der Waals surface area contributed by atoms with Gasteiger partial charge < -0.3 is 9.64 Å². The van der Waals surface area contributed by atoms with Gasteiger partial charge in [0.15, 0.2) is 10.1 Å². The first-order valence-electron chi connectivity index (χ1n) is 8.70. The van der Waals surface area contributed by atoms with Crippen LogP contribution in [0.2, 0.25) is 0 Å². The van der Waals surface area contributed by atoms with Crippen molar-refractivity contribution < 1.29 is 22.5 Å². The Labute approximate surface area is 206 Å². The summed E-state index contributed by atoms with van der Waals surface area (Å²) in [6.07, 6.45) is 0.166. The number of ether oxygens (including phenoxy) is 1. The molecule has 4 rings (SSSR count). The minimum absolute atomic E-state index is 0. The minimum atomic E-state index is -4.08. The minimum Gasteiger partial charge on any atom is -0.437 e. The van der Waals surface area contributed by atoms with E-state index in [4.69, 9.17) is 21.5 Å². The fraction of sp³-hybridized carbons (Fsp3) is 0.158. The van der Waals surface area contributed by atoms with Gasteiger partial charge in [-0.25, -0.2) is 0 Å². The number of hydrogen-bond donors (Lipinski definition) is 1. The normalized spacial score (nSPS) is 18.3. The van der Waals surface area contributed by atoms with Crippen molar-refractivity contribution >= 4 is 85.3 Å². The van der Waals surface area contributed by atoms with Crippen LogP contribution in [0.3, 0.4) is 0 Å². The van der Waals surface area contributed by atoms with E-state index < -0.39 is 10.1 Å². The second-order valence-corrected chi connectivity index (χ2v) is 9.56. The number of benzene rings is 2. The van der Waals surface area contributed by atoms with Gasteiger partial charge in [-0.15, -0.1) is 0 Å². The average Bonchev–Trinajstić information content (AvgIpc) is 3.18. The van der Waals surface area contributed by atoms with E-state index in [1.807, 2.05) is 36.4 Å².